The highest BCUT2D eigenvalue weighted by Crippen LogP contribution is 2.33. The zero-order chi connectivity index (χ0) is 13.3. The van der Waals surface area contributed by atoms with Crippen LogP contribution in [-0.4, -0.2) is 16.6 Å². The van der Waals surface area contributed by atoms with E-state index in [4.69, 9.17) is 11.6 Å². The number of rotatable bonds is 3. The Labute approximate surface area is 112 Å². The van der Waals surface area contributed by atoms with Crippen LogP contribution in [0.1, 0.15) is 22.2 Å². The summed E-state index contributed by atoms with van der Waals surface area (Å²) in [6.07, 6.45) is 0. The van der Waals surface area contributed by atoms with Crippen LogP contribution in [0.5, 0.6) is 0 Å². The minimum absolute atomic E-state index is 0.0771. The van der Waals surface area contributed by atoms with Crippen LogP contribution in [0.2, 0.25) is 5.02 Å². The maximum absolute atomic E-state index is 13.9. The standard InChI is InChI=1S/C11H10ClF2N3S/c1-5-11(18-17-16-5)10(15-2)8-6(12)3-4-7(13)9(8)14/h3-4,10,15H,1-2H3. The van der Waals surface area contributed by atoms with E-state index in [9.17, 15) is 8.78 Å². The first kappa shape index (κ1) is 13.3. The second-order valence-electron chi connectivity index (χ2n) is 3.70. The van der Waals surface area contributed by atoms with Crippen molar-refractivity contribution < 1.29 is 8.78 Å². The van der Waals surface area contributed by atoms with E-state index in [0.29, 0.717) is 10.6 Å². The van der Waals surface area contributed by atoms with Gasteiger partial charge in [0.1, 0.15) is 0 Å². The molecule has 96 valence electrons. The summed E-state index contributed by atoms with van der Waals surface area (Å²) in [5, 5.41) is 6.94. The average Bonchev–Trinajstić information content (AvgIpc) is 2.76. The number of nitrogens with zero attached hydrogens (tertiary/aromatic N) is 2. The molecule has 0 fully saturated rings. The first-order chi connectivity index (χ1) is 8.56. The van der Waals surface area contributed by atoms with Gasteiger partial charge in [-0.3, -0.25) is 0 Å². The highest BCUT2D eigenvalue weighted by atomic mass is 35.5. The molecule has 3 nitrogen and oxygen atoms in total. The Morgan fingerprint density at radius 2 is 2.11 bits per heavy atom. The van der Waals surface area contributed by atoms with Crippen molar-refractivity contribution in [2.75, 3.05) is 7.05 Å². The third-order valence-corrected chi connectivity index (χ3v) is 3.83. The van der Waals surface area contributed by atoms with Crippen molar-refractivity contribution in [1.82, 2.24) is 14.9 Å². The Bertz CT molecular complexity index is 573. The van der Waals surface area contributed by atoms with Crippen molar-refractivity contribution >= 4 is 23.1 Å². The Kier molecular flexibility index (Phi) is 3.89. The minimum Gasteiger partial charge on any atom is -0.308 e. The molecule has 0 aliphatic carbocycles. The Hall–Kier alpha value is -1.11. The number of aryl methyl sites for hydroxylation is 1. The number of halogens is 3. The molecule has 1 heterocycles. The van der Waals surface area contributed by atoms with Crippen LogP contribution >= 0.6 is 23.1 Å². The third kappa shape index (κ3) is 2.23. The van der Waals surface area contributed by atoms with Crippen molar-refractivity contribution in [3.8, 4) is 0 Å². The summed E-state index contributed by atoms with van der Waals surface area (Å²) in [5.74, 6) is -1.88. The molecule has 0 saturated heterocycles. The molecule has 7 heteroatoms. The van der Waals surface area contributed by atoms with Gasteiger partial charge in [0.2, 0.25) is 0 Å². The molecule has 0 radical (unpaired) electrons. The lowest BCUT2D eigenvalue weighted by atomic mass is 10.0. The fraction of sp³-hybridized carbons (Fsp3) is 0.273. The van der Waals surface area contributed by atoms with Gasteiger partial charge in [-0.05, 0) is 37.6 Å². The number of hydrogen-bond acceptors (Lipinski definition) is 4. The lowest BCUT2D eigenvalue weighted by Gasteiger charge is -2.17. The van der Waals surface area contributed by atoms with Gasteiger partial charge in [-0.15, -0.1) is 5.10 Å². The highest BCUT2D eigenvalue weighted by molar-refractivity contribution is 7.05. The van der Waals surface area contributed by atoms with Crippen molar-refractivity contribution in [2.24, 2.45) is 0 Å². The van der Waals surface area contributed by atoms with Crippen molar-refractivity contribution in [2.45, 2.75) is 13.0 Å². The zero-order valence-corrected chi connectivity index (χ0v) is 11.2. The number of hydrogen-bond donors (Lipinski definition) is 1. The van der Waals surface area contributed by atoms with E-state index in [0.717, 1.165) is 17.6 Å². The van der Waals surface area contributed by atoms with E-state index >= 15 is 0 Å². The molecule has 1 aromatic heterocycles. The summed E-state index contributed by atoms with van der Waals surface area (Å²) in [6, 6.07) is 1.78. The summed E-state index contributed by atoms with van der Waals surface area (Å²) in [7, 11) is 1.64. The zero-order valence-electron chi connectivity index (χ0n) is 9.67. The first-order valence-corrected chi connectivity index (χ1v) is 6.31. The lowest BCUT2D eigenvalue weighted by molar-refractivity contribution is 0.488. The van der Waals surface area contributed by atoms with E-state index in [1.165, 1.54) is 6.07 Å². The molecule has 0 bridgehead atoms. The number of nitrogens with one attached hydrogen (secondary N) is 1. The average molecular weight is 290 g/mol. The van der Waals surface area contributed by atoms with E-state index in [-0.39, 0.29) is 10.6 Å². The maximum Gasteiger partial charge on any atom is 0.165 e. The van der Waals surface area contributed by atoms with Gasteiger partial charge in [-0.25, -0.2) is 8.78 Å². The van der Waals surface area contributed by atoms with Gasteiger partial charge in [0.15, 0.2) is 11.6 Å². The van der Waals surface area contributed by atoms with Crippen molar-refractivity contribution in [3.05, 3.63) is 44.9 Å². The SMILES string of the molecule is CNC(c1snnc1C)c1c(Cl)ccc(F)c1F. The molecule has 18 heavy (non-hydrogen) atoms. The number of benzene rings is 1. The van der Waals surface area contributed by atoms with Crippen LogP contribution in [0.4, 0.5) is 8.78 Å². The van der Waals surface area contributed by atoms with Crippen LogP contribution in [0.15, 0.2) is 12.1 Å². The Morgan fingerprint density at radius 1 is 1.39 bits per heavy atom. The highest BCUT2D eigenvalue weighted by Gasteiger charge is 2.25. The molecule has 0 aliphatic rings. The molecule has 1 atom stereocenters. The fourth-order valence-corrected chi connectivity index (χ4v) is 2.74. The molecule has 1 unspecified atom stereocenters. The molecule has 0 spiro atoms. The summed E-state index contributed by atoms with van der Waals surface area (Å²) in [5.41, 5.74) is 0.743. The lowest BCUT2D eigenvalue weighted by Crippen LogP contribution is -2.20. The summed E-state index contributed by atoms with van der Waals surface area (Å²) >= 11 is 7.09. The van der Waals surface area contributed by atoms with Gasteiger partial charge in [0, 0.05) is 10.6 Å². The van der Waals surface area contributed by atoms with Gasteiger partial charge in [-0.1, -0.05) is 16.1 Å². The molecular weight excluding hydrogens is 280 g/mol. The van der Waals surface area contributed by atoms with Crippen LogP contribution in [0.3, 0.4) is 0 Å². The summed E-state index contributed by atoms with van der Waals surface area (Å²) < 4.78 is 31.0. The molecule has 1 N–H and O–H groups in total. The van der Waals surface area contributed by atoms with E-state index < -0.39 is 17.7 Å². The van der Waals surface area contributed by atoms with E-state index in [2.05, 4.69) is 14.9 Å². The van der Waals surface area contributed by atoms with Crippen molar-refractivity contribution in [3.63, 3.8) is 0 Å². The second-order valence-corrected chi connectivity index (χ2v) is 4.89. The number of aromatic nitrogens is 2. The second kappa shape index (κ2) is 5.26. The molecule has 0 saturated carbocycles. The van der Waals surface area contributed by atoms with Crippen LogP contribution in [0, 0.1) is 18.6 Å². The smallest absolute Gasteiger partial charge is 0.165 e. The van der Waals surface area contributed by atoms with Gasteiger partial charge in [-0.2, -0.15) is 0 Å². The topological polar surface area (TPSA) is 37.8 Å². The molecular formula is C11H10ClF2N3S. The quantitative estimate of drug-likeness (QED) is 0.883. The van der Waals surface area contributed by atoms with Gasteiger partial charge >= 0.3 is 0 Å². The summed E-state index contributed by atoms with van der Waals surface area (Å²) in [4.78, 5) is 0.712. The van der Waals surface area contributed by atoms with Crippen LogP contribution in [0.25, 0.3) is 0 Å². The third-order valence-electron chi connectivity index (χ3n) is 2.61. The minimum atomic E-state index is -0.949. The normalized spacial score (nSPS) is 12.7. The Balaban J connectivity index is 2.59. The van der Waals surface area contributed by atoms with Gasteiger partial charge in [0.25, 0.3) is 0 Å². The largest absolute Gasteiger partial charge is 0.308 e. The summed E-state index contributed by atoms with van der Waals surface area (Å²) in [6.45, 7) is 1.76. The maximum atomic E-state index is 13.9. The van der Waals surface area contributed by atoms with Crippen molar-refractivity contribution in [1.29, 1.82) is 0 Å². The van der Waals surface area contributed by atoms with Gasteiger partial charge < -0.3 is 5.32 Å². The molecule has 0 aliphatic heterocycles. The predicted octanol–water partition coefficient (Wildman–Crippen LogP) is 3.09. The first-order valence-electron chi connectivity index (χ1n) is 5.15. The molecule has 0 amide bonds. The predicted molar refractivity (Wildman–Crippen MR) is 66.9 cm³/mol. The van der Waals surface area contributed by atoms with Crippen LogP contribution < -0.4 is 5.32 Å². The van der Waals surface area contributed by atoms with E-state index in [1.54, 1.807) is 14.0 Å². The van der Waals surface area contributed by atoms with Crippen LogP contribution in [-0.2, 0) is 0 Å². The molecule has 2 rings (SSSR count). The Morgan fingerprint density at radius 3 is 2.67 bits per heavy atom. The molecule has 1 aromatic carbocycles. The van der Waals surface area contributed by atoms with Gasteiger partial charge in [0.05, 0.1) is 16.6 Å². The monoisotopic (exact) mass is 289 g/mol. The molecule has 2 aromatic rings. The van der Waals surface area contributed by atoms with E-state index in [1.807, 2.05) is 0 Å². The fourth-order valence-electron chi connectivity index (χ4n) is 1.72.